The molecule has 1 aliphatic carbocycles. The lowest BCUT2D eigenvalue weighted by atomic mass is 9.78. The van der Waals surface area contributed by atoms with Crippen molar-refractivity contribution >= 4 is 11.7 Å². The van der Waals surface area contributed by atoms with E-state index in [1.807, 2.05) is 20.8 Å². The lowest BCUT2D eigenvalue weighted by Crippen LogP contribution is -2.48. The van der Waals surface area contributed by atoms with Gasteiger partial charge in [0.2, 0.25) is 0 Å². The highest BCUT2D eigenvalue weighted by Crippen LogP contribution is 2.42. The molecule has 1 aromatic rings. The highest BCUT2D eigenvalue weighted by atomic mass is 16.6. The third-order valence-electron chi connectivity index (χ3n) is 7.08. The van der Waals surface area contributed by atoms with Crippen LogP contribution in [0.1, 0.15) is 70.9 Å². The molecular weight excluding hydrogens is 374 g/mol. The highest BCUT2D eigenvalue weighted by Gasteiger charge is 2.44. The van der Waals surface area contributed by atoms with Crippen molar-refractivity contribution < 1.29 is 9.53 Å². The fourth-order valence-electron chi connectivity index (χ4n) is 5.46. The van der Waals surface area contributed by atoms with E-state index in [9.17, 15) is 4.79 Å². The Morgan fingerprint density at radius 1 is 1.10 bits per heavy atom. The monoisotopic (exact) mass is 413 g/mol. The third-order valence-corrected chi connectivity index (χ3v) is 7.08. The number of piperidine rings is 2. The number of hydrogen-bond acceptors (Lipinski definition) is 5. The summed E-state index contributed by atoms with van der Waals surface area (Å²) < 4.78 is 5.82. The molecule has 0 radical (unpaired) electrons. The zero-order valence-electron chi connectivity index (χ0n) is 19.1. The molecule has 166 valence electrons. The Morgan fingerprint density at radius 2 is 1.80 bits per heavy atom. The van der Waals surface area contributed by atoms with Gasteiger partial charge < -0.3 is 20.3 Å². The van der Waals surface area contributed by atoms with Crippen LogP contribution in [0.25, 0.3) is 0 Å². The molecule has 4 atom stereocenters. The first-order valence-corrected chi connectivity index (χ1v) is 11.8. The Balaban J connectivity index is 1.47. The summed E-state index contributed by atoms with van der Waals surface area (Å²) in [4.78, 5) is 15.5. The van der Waals surface area contributed by atoms with E-state index in [1.54, 1.807) is 0 Å². The van der Waals surface area contributed by atoms with Gasteiger partial charge in [-0.1, -0.05) is 18.6 Å². The van der Waals surface area contributed by atoms with Crippen LogP contribution in [0.15, 0.2) is 24.3 Å². The number of esters is 1. The first kappa shape index (κ1) is 21.6. The van der Waals surface area contributed by atoms with E-state index in [-0.39, 0.29) is 17.9 Å². The van der Waals surface area contributed by atoms with E-state index in [2.05, 4.69) is 46.8 Å². The number of hydrogen-bond donors (Lipinski definition) is 2. The molecule has 2 aliphatic heterocycles. The number of rotatable bonds is 4. The van der Waals surface area contributed by atoms with Crippen LogP contribution < -0.4 is 10.6 Å². The van der Waals surface area contributed by atoms with Crippen molar-refractivity contribution in [2.75, 3.05) is 25.5 Å². The van der Waals surface area contributed by atoms with Gasteiger partial charge in [0.05, 0.1) is 5.92 Å². The SMILES string of the molecule is CN1CCC(Nc2ccc([C@@H]3NC4CCC[C@@H]4C[C@@H]3C(=O)OC(C)(C)C)cc2)CC1. The van der Waals surface area contributed by atoms with Crippen molar-refractivity contribution in [1.82, 2.24) is 10.2 Å². The van der Waals surface area contributed by atoms with Crippen molar-refractivity contribution in [1.29, 1.82) is 0 Å². The van der Waals surface area contributed by atoms with Gasteiger partial charge in [0.1, 0.15) is 5.60 Å². The molecule has 1 saturated carbocycles. The van der Waals surface area contributed by atoms with Crippen LogP contribution in [0.4, 0.5) is 5.69 Å². The summed E-state index contributed by atoms with van der Waals surface area (Å²) in [6.45, 7) is 8.18. The van der Waals surface area contributed by atoms with Crippen molar-refractivity contribution in [3.63, 3.8) is 0 Å². The first-order chi connectivity index (χ1) is 14.3. The normalized spacial score (nSPS) is 30.7. The number of ether oxygens (including phenoxy) is 1. The molecule has 2 N–H and O–H groups in total. The smallest absolute Gasteiger partial charge is 0.311 e. The minimum Gasteiger partial charge on any atom is -0.460 e. The van der Waals surface area contributed by atoms with E-state index in [4.69, 9.17) is 4.74 Å². The maximum Gasteiger partial charge on any atom is 0.311 e. The van der Waals surface area contributed by atoms with Gasteiger partial charge in [-0.15, -0.1) is 0 Å². The van der Waals surface area contributed by atoms with Crippen molar-refractivity contribution in [2.45, 2.75) is 83.0 Å². The van der Waals surface area contributed by atoms with E-state index in [0.717, 1.165) is 19.5 Å². The van der Waals surface area contributed by atoms with Gasteiger partial charge in [0.15, 0.2) is 0 Å². The molecule has 0 amide bonds. The molecule has 3 aliphatic rings. The predicted molar refractivity (Wildman–Crippen MR) is 122 cm³/mol. The number of anilines is 1. The lowest BCUT2D eigenvalue weighted by molar-refractivity contribution is -0.163. The maximum atomic E-state index is 13.1. The van der Waals surface area contributed by atoms with Crippen molar-refractivity contribution in [2.24, 2.45) is 11.8 Å². The van der Waals surface area contributed by atoms with Crippen LogP contribution in [0.2, 0.25) is 0 Å². The largest absolute Gasteiger partial charge is 0.460 e. The number of likely N-dealkylation sites (tertiary alicyclic amines) is 1. The highest BCUT2D eigenvalue weighted by molar-refractivity contribution is 5.74. The van der Waals surface area contributed by atoms with E-state index in [0.29, 0.717) is 18.0 Å². The number of carbonyl (C=O) groups is 1. The summed E-state index contributed by atoms with van der Waals surface area (Å²) in [5, 5.41) is 7.52. The fourth-order valence-corrected chi connectivity index (χ4v) is 5.46. The Morgan fingerprint density at radius 3 is 2.47 bits per heavy atom. The molecule has 1 unspecified atom stereocenters. The molecule has 4 rings (SSSR count). The molecule has 3 fully saturated rings. The molecular formula is C25H39N3O2. The Hall–Kier alpha value is -1.59. The van der Waals surface area contributed by atoms with Crippen LogP contribution in [-0.4, -0.2) is 48.7 Å². The Kier molecular flexibility index (Phi) is 6.40. The second kappa shape index (κ2) is 8.88. The van der Waals surface area contributed by atoms with Crippen LogP contribution in [0.5, 0.6) is 0 Å². The molecule has 5 heteroatoms. The summed E-state index contributed by atoms with van der Waals surface area (Å²) in [6, 6.07) is 9.88. The molecule has 0 spiro atoms. The summed E-state index contributed by atoms with van der Waals surface area (Å²) >= 11 is 0. The van der Waals surface area contributed by atoms with Crippen molar-refractivity contribution in [3.05, 3.63) is 29.8 Å². The number of nitrogens with one attached hydrogen (secondary N) is 2. The molecule has 2 saturated heterocycles. The summed E-state index contributed by atoms with van der Waals surface area (Å²) in [5.74, 6) is 0.430. The molecule has 1 aromatic carbocycles. The van der Waals surface area contributed by atoms with Gasteiger partial charge in [-0.05, 0) is 96.6 Å². The second-order valence-corrected chi connectivity index (χ2v) is 10.7. The molecule has 0 aromatic heterocycles. The minimum absolute atomic E-state index is 0.0385. The number of benzene rings is 1. The molecule has 30 heavy (non-hydrogen) atoms. The summed E-state index contributed by atoms with van der Waals surface area (Å²) in [5.41, 5.74) is 1.93. The second-order valence-electron chi connectivity index (χ2n) is 10.7. The zero-order chi connectivity index (χ0) is 21.3. The third kappa shape index (κ3) is 5.17. The first-order valence-electron chi connectivity index (χ1n) is 11.8. The average molecular weight is 414 g/mol. The molecule has 2 heterocycles. The van der Waals surface area contributed by atoms with Gasteiger partial charge in [0.25, 0.3) is 0 Å². The summed E-state index contributed by atoms with van der Waals surface area (Å²) in [7, 11) is 2.19. The fraction of sp³-hybridized carbons (Fsp3) is 0.720. The van der Waals surface area contributed by atoms with E-state index >= 15 is 0 Å². The lowest BCUT2D eigenvalue weighted by Gasteiger charge is -2.40. The quantitative estimate of drug-likeness (QED) is 0.719. The topological polar surface area (TPSA) is 53.6 Å². The van der Waals surface area contributed by atoms with Gasteiger partial charge in [-0.3, -0.25) is 4.79 Å². The standard InChI is InChI=1S/C25H39N3O2/c1-25(2,3)30-24(29)21-16-18-6-5-7-22(18)27-23(21)17-8-10-19(11-9-17)26-20-12-14-28(4)15-13-20/h8-11,18,20-23,26-27H,5-7,12-16H2,1-4H3/t18-,21+,22?,23+/m1/s1. The van der Waals surface area contributed by atoms with E-state index in [1.165, 1.54) is 43.4 Å². The number of nitrogens with zero attached hydrogens (tertiary/aromatic N) is 1. The van der Waals surface area contributed by atoms with Gasteiger partial charge >= 0.3 is 5.97 Å². The van der Waals surface area contributed by atoms with Crippen molar-refractivity contribution in [3.8, 4) is 0 Å². The number of carbonyl (C=O) groups excluding carboxylic acids is 1. The maximum absolute atomic E-state index is 13.1. The van der Waals surface area contributed by atoms with Gasteiger partial charge in [-0.25, -0.2) is 0 Å². The average Bonchev–Trinajstić information content (AvgIpc) is 3.16. The van der Waals surface area contributed by atoms with Gasteiger partial charge in [0, 0.05) is 23.8 Å². The van der Waals surface area contributed by atoms with E-state index < -0.39 is 5.60 Å². The van der Waals surface area contributed by atoms with Crippen LogP contribution >= 0.6 is 0 Å². The van der Waals surface area contributed by atoms with Gasteiger partial charge in [-0.2, -0.15) is 0 Å². The zero-order valence-corrected chi connectivity index (χ0v) is 19.1. The summed E-state index contributed by atoms with van der Waals surface area (Å²) in [6.07, 6.45) is 7.02. The molecule has 0 bridgehead atoms. The Labute approximate surface area is 181 Å². The number of fused-ring (bicyclic) bond motifs is 1. The Bertz CT molecular complexity index is 719. The molecule has 5 nitrogen and oxygen atoms in total. The van der Waals surface area contributed by atoms with Crippen LogP contribution in [-0.2, 0) is 9.53 Å². The van der Waals surface area contributed by atoms with Crippen LogP contribution in [0, 0.1) is 11.8 Å². The minimum atomic E-state index is -0.448. The van der Waals surface area contributed by atoms with Crippen LogP contribution in [0.3, 0.4) is 0 Å². The predicted octanol–water partition coefficient (Wildman–Crippen LogP) is 4.35.